The van der Waals surface area contributed by atoms with Crippen LogP contribution >= 0.6 is 0 Å². The molecule has 2 N–H and O–H groups in total. The number of carbonyl (C=O) groups excluding carboxylic acids is 1. The van der Waals surface area contributed by atoms with Crippen LogP contribution in [0.2, 0.25) is 0 Å². The van der Waals surface area contributed by atoms with Crippen LogP contribution in [0.25, 0.3) is 22.0 Å². The molecule has 0 bridgehead atoms. The number of hydrogen-bond donors (Lipinski definition) is 2. The highest BCUT2D eigenvalue weighted by molar-refractivity contribution is 8.06. The van der Waals surface area contributed by atoms with Gasteiger partial charge in [-0.25, -0.2) is 8.42 Å². The quantitative estimate of drug-likeness (QED) is 0.577. The summed E-state index contributed by atoms with van der Waals surface area (Å²) in [6.45, 7) is 3.85. The standard InChI is InChI=1S/C25H28N6O3S/c1-16-21(8-9-23(27-16)35(2,33)34)28-25(32)24-20-13-17(6-7-22(20)29-30-24)18-12-19(15-26-14-18)31-10-4-3-5-11-31/h6-9,12-16,21H,3-5,10-11H2,1-2H3,(H,28,32)(H,29,30). The first kappa shape index (κ1) is 23.2. The number of dihydropyridines is 1. The summed E-state index contributed by atoms with van der Waals surface area (Å²) in [4.78, 5) is 24.2. The molecule has 35 heavy (non-hydrogen) atoms. The molecule has 0 spiro atoms. The highest BCUT2D eigenvalue weighted by Crippen LogP contribution is 2.29. The summed E-state index contributed by atoms with van der Waals surface area (Å²) in [7, 11) is -3.40. The van der Waals surface area contributed by atoms with Crippen molar-refractivity contribution in [1.82, 2.24) is 20.5 Å². The number of anilines is 1. The van der Waals surface area contributed by atoms with E-state index in [2.05, 4.69) is 36.5 Å². The van der Waals surface area contributed by atoms with Gasteiger partial charge in [-0.1, -0.05) is 12.1 Å². The fraction of sp³-hybridized carbons (Fsp3) is 0.360. The lowest BCUT2D eigenvalue weighted by Gasteiger charge is -2.28. The predicted molar refractivity (Wildman–Crippen MR) is 138 cm³/mol. The molecule has 2 aromatic heterocycles. The van der Waals surface area contributed by atoms with E-state index in [0.29, 0.717) is 5.39 Å². The van der Waals surface area contributed by atoms with Gasteiger partial charge >= 0.3 is 0 Å². The summed E-state index contributed by atoms with van der Waals surface area (Å²) in [5.41, 5.74) is 4.07. The molecule has 182 valence electrons. The number of rotatable bonds is 4. The largest absolute Gasteiger partial charge is 0.370 e. The minimum absolute atomic E-state index is 0.0192. The Kier molecular flexibility index (Phi) is 6.14. The smallest absolute Gasteiger partial charge is 0.272 e. The van der Waals surface area contributed by atoms with E-state index in [0.717, 1.165) is 41.7 Å². The molecule has 9 nitrogen and oxygen atoms in total. The van der Waals surface area contributed by atoms with Crippen molar-refractivity contribution >= 4 is 37.4 Å². The van der Waals surface area contributed by atoms with E-state index < -0.39 is 21.9 Å². The van der Waals surface area contributed by atoms with E-state index in [-0.39, 0.29) is 16.6 Å². The van der Waals surface area contributed by atoms with Crippen molar-refractivity contribution < 1.29 is 13.2 Å². The Morgan fingerprint density at radius 3 is 2.66 bits per heavy atom. The number of piperidine rings is 1. The fourth-order valence-corrected chi connectivity index (χ4v) is 5.24. The molecule has 0 radical (unpaired) electrons. The van der Waals surface area contributed by atoms with E-state index in [1.165, 1.54) is 25.3 Å². The van der Waals surface area contributed by atoms with Gasteiger partial charge in [-0.3, -0.25) is 19.9 Å². The maximum absolute atomic E-state index is 13.1. The van der Waals surface area contributed by atoms with Gasteiger partial charge in [0.05, 0.1) is 29.5 Å². The second kappa shape index (κ2) is 9.26. The van der Waals surface area contributed by atoms with E-state index in [1.807, 2.05) is 30.6 Å². The number of H-pyrrole nitrogens is 1. The third-order valence-corrected chi connectivity index (χ3v) is 7.53. The molecule has 4 heterocycles. The van der Waals surface area contributed by atoms with Gasteiger partial charge in [-0.2, -0.15) is 5.10 Å². The molecule has 1 amide bonds. The summed E-state index contributed by atoms with van der Waals surface area (Å²) in [6, 6.07) is 7.14. The molecule has 1 fully saturated rings. The highest BCUT2D eigenvalue weighted by Gasteiger charge is 2.25. The second-order valence-corrected chi connectivity index (χ2v) is 11.1. The number of hydrogen-bond acceptors (Lipinski definition) is 7. The van der Waals surface area contributed by atoms with Crippen LogP contribution in [0, 0.1) is 0 Å². The second-order valence-electron chi connectivity index (χ2n) is 9.15. The number of aliphatic imine (C=N–C) groups is 1. The first-order chi connectivity index (χ1) is 16.8. The minimum atomic E-state index is -3.40. The van der Waals surface area contributed by atoms with Crippen LogP contribution in [0.4, 0.5) is 5.69 Å². The monoisotopic (exact) mass is 492 g/mol. The van der Waals surface area contributed by atoms with Crippen molar-refractivity contribution in [3.63, 3.8) is 0 Å². The van der Waals surface area contributed by atoms with E-state index >= 15 is 0 Å². The lowest BCUT2D eigenvalue weighted by molar-refractivity contribution is 0.0937. The van der Waals surface area contributed by atoms with Crippen LogP contribution in [0.3, 0.4) is 0 Å². The molecule has 1 saturated heterocycles. The summed E-state index contributed by atoms with van der Waals surface area (Å²) >= 11 is 0. The summed E-state index contributed by atoms with van der Waals surface area (Å²) in [5, 5.41) is 10.8. The van der Waals surface area contributed by atoms with Crippen LogP contribution < -0.4 is 10.2 Å². The zero-order valence-electron chi connectivity index (χ0n) is 19.7. The zero-order chi connectivity index (χ0) is 24.6. The Hall–Kier alpha value is -3.53. The summed E-state index contributed by atoms with van der Waals surface area (Å²) in [5.74, 6) is -0.354. The lowest BCUT2D eigenvalue weighted by Crippen LogP contribution is -2.42. The first-order valence-corrected chi connectivity index (χ1v) is 13.6. The van der Waals surface area contributed by atoms with Crippen molar-refractivity contribution in [2.45, 2.75) is 38.3 Å². The van der Waals surface area contributed by atoms with Crippen molar-refractivity contribution in [2.24, 2.45) is 4.99 Å². The number of carbonyl (C=O) groups is 1. The average molecular weight is 493 g/mol. The van der Waals surface area contributed by atoms with Crippen LogP contribution in [0.5, 0.6) is 0 Å². The van der Waals surface area contributed by atoms with E-state index in [1.54, 1.807) is 13.0 Å². The fourth-order valence-electron chi connectivity index (χ4n) is 4.56. The number of amides is 1. The SMILES string of the molecule is CC1N=C(S(C)(=O)=O)C=CC1NC(=O)c1n[nH]c2ccc(-c3cncc(N4CCCCC4)c3)cc12. The zero-order valence-corrected chi connectivity index (χ0v) is 20.5. The highest BCUT2D eigenvalue weighted by atomic mass is 32.2. The number of aromatic nitrogens is 3. The number of fused-ring (bicyclic) bond motifs is 1. The molecule has 2 aliphatic rings. The average Bonchev–Trinajstić information content (AvgIpc) is 3.29. The van der Waals surface area contributed by atoms with Crippen molar-refractivity contribution in [2.75, 3.05) is 24.2 Å². The Morgan fingerprint density at radius 1 is 1.11 bits per heavy atom. The molecule has 5 rings (SSSR count). The number of aromatic amines is 1. The normalized spacial score (nSPS) is 20.6. The van der Waals surface area contributed by atoms with Crippen molar-refractivity contribution in [1.29, 1.82) is 0 Å². The van der Waals surface area contributed by atoms with Crippen molar-refractivity contribution in [3.8, 4) is 11.1 Å². The summed E-state index contributed by atoms with van der Waals surface area (Å²) in [6.07, 6.45) is 11.6. The Morgan fingerprint density at radius 2 is 1.91 bits per heavy atom. The predicted octanol–water partition coefficient (Wildman–Crippen LogP) is 3.12. The van der Waals surface area contributed by atoms with Gasteiger partial charge in [0.25, 0.3) is 5.91 Å². The first-order valence-electron chi connectivity index (χ1n) is 11.7. The molecule has 0 saturated carbocycles. The van der Waals surface area contributed by atoms with Gasteiger partial charge in [-0.05, 0) is 56.0 Å². The molecule has 3 aromatic rings. The number of sulfone groups is 1. The van der Waals surface area contributed by atoms with Gasteiger partial charge in [0.1, 0.15) is 5.04 Å². The number of nitrogens with one attached hydrogen (secondary N) is 2. The van der Waals surface area contributed by atoms with Gasteiger partial charge in [0, 0.05) is 36.5 Å². The van der Waals surface area contributed by atoms with Gasteiger partial charge in [0.15, 0.2) is 15.5 Å². The molecule has 2 unspecified atom stereocenters. The third-order valence-electron chi connectivity index (χ3n) is 6.53. The van der Waals surface area contributed by atoms with Crippen molar-refractivity contribution in [3.05, 3.63) is 54.5 Å². The third kappa shape index (κ3) is 4.84. The van der Waals surface area contributed by atoms with Crippen LogP contribution in [-0.2, 0) is 9.84 Å². The number of pyridine rings is 1. The number of nitrogens with zero attached hydrogens (tertiary/aromatic N) is 4. The molecule has 1 aromatic carbocycles. The lowest BCUT2D eigenvalue weighted by atomic mass is 10.0. The molecular formula is C25H28N6O3S. The Bertz CT molecular complexity index is 1440. The summed E-state index contributed by atoms with van der Waals surface area (Å²) < 4.78 is 23.5. The molecule has 10 heteroatoms. The topological polar surface area (TPSA) is 120 Å². The Balaban J connectivity index is 1.39. The van der Waals surface area contributed by atoms with Gasteiger partial charge in [0.2, 0.25) is 0 Å². The minimum Gasteiger partial charge on any atom is -0.370 e. The van der Waals surface area contributed by atoms with Crippen LogP contribution in [0.1, 0.15) is 36.7 Å². The maximum Gasteiger partial charge on any atom is 0.272 e. The van der Waals surface area contributed by atoms with Gasteiger partial charge in [-0.15, -0.1) is 0 Å². The molecular weight excluding hydrogens is 464 g/mol. The molecule has 2 atom stereocenters. The maximum atomic E-state index is 13.1. The van der Waals surface area contributed by atoms with E-state index in [9.17, 15) is 13.2 Å². The molecule has 2 aliphatic heterocycles. The molecule has 0 aliphatic carbocycles. The van der Waals surface area contributed by atoms with Crippen LogP contribution in [0.15, 0.2) is 53.8 Å². The Labute approximate surface area is 204 Å². The van der Waals surface area contributed by atoms with Gasteiger partial charge < -0.3 is 10.2 Å². The van der Waals surface area contributed by atoms with E-state index in [4.69, 9.17) is 0 Å². The van der Waals surface area contributed by atoms with Crippen LogP contribution in [-0.4, -0.2) is 66.0 Å². The number of benzene rings is 1.